The Hall–Kier alpha value is -3.05. The molecule has 1 N–H and O–H groups in total. The van der Waals surface area contributed by atoms with E-state index in [1.165, 1.54) is 12.5 Å². The fourth-order valence-electron chi connectivity index (χ4n) is 2.21. The molecular weight excluding hydrogens is 352 g/mol. The molecule has 132 valence electrons. The van der Waals surface area contributed by atoms with E-state index in [1.807, 2.05) is 37.3 Å². The Balaban J connectivity index is 1.54. The molecule has 26 heavy (non-hydrogen) atoms. The van der Waals surface area contributed by atoms with Crippen LogP contribution in [0.2, 0.25) is 5.02 Å². The van der Waals surface area contributed by atoms with Crippen LogP contribution in [-0.2, 0) is 6.61 Å². The Kier molecular flexibility index (Phi) is 5.71. The van der Waals surface area contributed by atoms with Crippen molar-refractivity contribution in [2.45, 2.75) is 13.5 Å². The Labute approximate surface area is 156 Å². The predicted octanol–water partition coefficient (Wildman–Crippen LogP) is 4.58. The minimum absolute atomic E-state index is 0.298. The van der Waals surface area contributed by atoms with Crippen LogP contribution >= 0.6 is 11.6 Å². The number of rotatable bonds is 6. The highest BCUT2D eigenvalue weighted by molar-refractivity contribution is 6.31. The first kappa shape index (κ1) is 17.8. The maximum atomic E-state index is 12.0. The molecule has 1 heterocycles. The molecule has 6 heteroatoms. The number of amides is 1. The van der Waals surface area contributed by atoms with Gasteiger partial charge in [0.05, 0.1) is 12.5 Å². The van der Waals surface area contributed by atoms with E-state index in [2.05, 4.69) is 10.5 Å². The van der Waals surface area contributed by atoms with Gasteiger partial charge in [-0.15, -0.1) is 0 Å². The van der Waals surface area contributed by atoms with E-state index in [4.69, 9.17) is 20.8 Å². The number of furan rings is 1. The third kappa shape index (κ3) is 4.74. The second-order valence-electron chi connectivity index (χ2n) is 5.61. The number of nitrogens with zero attached hydrogens (tertiary/aromatic N) is 1. The van der Waals surface area contributed by atoms with Crippen molar-refractivity contribution in [1.82, 2.24) is 5.43 Å². The summed E-state index contributed by atoms with van der Waals surface area (Å²) in [5, 5.41) is 4.56. The van der Waals surface area contributed by atoms with Gasteiger partial charge in [0.2, 0.25) is 0 Å². The zero-order valence-electron chi connectivity index (χ0n) is 14.1. The molecule has 0 atom stereocenters. The zero-order valence-corrected chi connectivity index (χ0v) is 14.9. The molecule has 0 spiro atoms. The summed E-state index contributed by atoms with van der Waals surface area (Å²) >= 11 is 6.00. The first-order valence-corrected chi connectivity index (χ1v) is 8.34. The summed E-state index contributed by atoms with van der Waals surface area (Å²) < 4.78 is 10.8. The van der Waals surface area contributed by atoms with Gasteiger partial charge in [-0.2, -0.15) is 5.10 Å². The van der Waals surface area contributed by atoms with Crippen molar-refractivity contribution in [2.75, 3.05) is 0 Å². The van der Waals surface area contributed by atoms with Crippen LogP contribution < -0.4 is 10.2 Å². The van der Waals surface area contributed by atoms with E-state index >= 15 is 0 Å². The quantitative estimate of drug-likeness (QED) is 0.511. The zero-order chi connectivity index (χ0) is 18.4. The number of carbonyl (C=O) groups is 1. The molecule has 0 aliphatic rings. The van der Waals surface area contributed by atoms with E-state index in [0.29, 0.717) is 23.0 Å². The number of halogens is 1. The smallest absolute Gasteiger partial charge is 0.271 e. The summed E-state index contributed by atoms with van der Waals surface area (Å²) in [7, 11) is 0. The normalized spacial score (nSPS) is 10.8. The van der Waals surface area contributed by atoms with Gasteiger partial charge in [0.15, 0.2) is 0 Å². The number of hydrogen-bond acceptors (Lipinski definition) is 4. The number of nitrogens with one attached hydrogen (secondary N) is 1. The van der Waals surface area contributed by atoms with Crippen molar-refractivity contribution >= 4 is 23.7 Å². The van der Waals surface area contributed by atoms with Gasteiger partial charge in [-0.05, 0) is 60.5 Å². The SMILES string of the molecule is Cc1cc(OCc2ccc(C(=O)N/N=C/c3ccco3)cc2)ccc1Cl. The maximum Gasteiger partial charge on any atom is 0.271 e. The Morgan fingerprint density at radius 2 is 2.04 bits per heavy atom. The number of aryl methyl sites for hydroxylation is 1. The number of benzene rings is 2. The average Bonchev–Trinajstić information content (AvgIpc) is 3.16. The third-order valence-electron chi connectivity index (χ3n) is 3.65. The van der Waals surface area contributed by atoms with Crippen molar-refractivity contribution in [3.8, 4) is 5.75 Å². The molecule has 0 unspecified atom stereocenters. The van der Waals surface area contributed by atoms with Crippen LogP contribution in [0.4, 0.5) is 0 Å². The molecule has 1 amide bonds. The molecule has 0 saturated carbocycles. The molecule has 3 rings (SSSR count). The lowest BCUT2D eigenvalue weighted by molar-refractivity contribution is 0.0955. The minimum Gasteiger partial charge on any atom is -0.489 e. The van der Waals surface area contributed by atoms with Crippen LogP contribution in [0, 0.1) is 6.92 Å². The van der Waals surface area contributed by atoms with Crippen LogP contribution in [-0.4, -0.2) is 12.1 Å². The summed E-state index contributed by atoms with van der Waals surface area (Å²) in [6.45, 7) is 2.33. The molecule has 0 radical (unpaired) electrons. The number of hydrazone groups is 1. The molecule has 0 saturated heterocycles. The molecule has 0 fully saturated rings. The highest BCUT2D eigenvalue weighted by Gasteiger charge is 2.05. The molecule has 0 bridgehead atoms. The second kappa shape index (κ2) is 8.36. The predicted molar refractivity (Wildman–Crippen MR) is 101 cm³/mol. The highest BCUT2D eigenvalue weighted by Crippen LogP contribution is 2.21. The number of hydrogen-bond donors (Lipinski definition) is 1. The Morgan fingerprint density at radius 3 is 2.73 bits per heavy atom. The van der Waals surface area contributed by atoms with Gasteiger partial charge in [-0.25, -0.2) is 5.43 Å². The topological polar surface area (TPSA) is 63.8 Å². The average molecular weight is 369 g/mol. The molecule has 1 aromatic heterocycles. The monoisotopic (exact) mass is 368 g/mol. The maximum absolute atomic E-state index is 12.0. The van der Waals surface area contributed by atoms with E-state index in [1.54, 1.807) is 24.3 Å². The van der Waals surface area contributed by atoms with Crippen LogP contribution in [0.5, 0.6) is 5.75 Å². The molecule has 3 aromatic rings. The van der Waals surface area contributed by atoms with Crippen LogP contribution in [0.15, 0.2) is 70.4 Å². The van der Waals surface area contributed by atoms with Crippen molar-refractivity contribution in [2.24, 2.45) is 5.10 Å². The highest BCUT2D eigenvalue weighted by atomic mass is 35.5. The lowest BCUT2D eigenvalue weighted by Gasteiger charge is -2.08. The third-order valence-corrected chi connectivity index (χ3v) is 4.08. The van der Waals surface area contributed by atoms with E-state index in [-0.39, 0.29) is 5.91 Å². The van der Waals surface area contributed by atoms with Gasteiger partial charge < -0.3 is 9.15 Å². The first-order chi connectivity index (χ1) is 12.6. The van der Waals surface area contributed by atoms with Crippen molar-refractivity contribution < 1.29 is 13.9 Å². The second-order valence-corrected chi connectivity index (χ2v) is 6.02. The fourth-order valence-corrected chi connectivity index (χ4v) is 2.33. The molecule has 2 aromatic carbocycles. The largest absolute Gasteiger partial charge is 0.489 e. The minimum atomic E-state index is -0.298. The Morgan fingerprint density at radius 1 is 1.23 bits per heavy atom. The van der Waals surface area contributed by atoms with Gasteiger partial charge >= 0.3 is 0 Å². The lowest BCUT2D eigenvalue weighted by Crippen LogP contribution is -2.17. The standard InChI is InChI=1S/C20H17ClN2O3/c1-14-11-17(8-9-19(14)21)26-13-15-4-6-16(7-5-15)20(24)23-22-12-18-3-2-10-25-18/h2-12H,13H2,1H3,(H,23,24)/b22-12+. The lowest BCUT2D eigenvalue weighted by atomic mass is 10.1. The van der Waals surface area contributed by atoms with E-state index < -0.39 is 0 Å². The van der Waals surface area contributed by atoms with Crippen molar-refractivity contribution in [1.29, 1.82) is 0 Å². The molecule has 0 aliphatic carbocycles. The van der Waals surface area contributed by atoms with Gasteiger partial charge in [-0.3, -0.25) is 4.79 Å². The summed E-state index contributed by atoms with van der Waals surface area (Å²) in [5.74, 6) is 1.02. The van der Waals surface area contributed by atoms with Gasteiger partial charge in [0.1, 0.15) is 18.1 Å². The molecule has 5 nitrogen and oxygen atoms in total. The van der Waals surface area contributed by atoms with E-state index in [9.17, 15) is 4.79 Å². The molecule has 0 aliphatic heterocycles. The summed E-state index contributed by atoms with van der Waals surface area (Å²) in [5.41, 5.74) is 4.88. The van der Waals surface area contributed by atoms with Crippen molar-refractivity contribution in [3.63, 3.8) is 0 Å². The Bertz CT molecular complexity index is 903. The van der Waals surface area contributed by atoms with E-state index in [0.717, 1.165) is 16.9 Å². The number of carbonyl (C=O) groups excluding carboxylic acids is 1. The fraction of sp³-hybridized carbons (Fsp3) is 0.100. The van der Waals surface area contributed by atoms with Gasteiger partial charge in [0, 0.05) is 10.6 Å². The number of ether oxygens (including phenoxy) is 1. The summed E-state index contributed by atoms with van der Waals surface area (Å²) in [6, 6.07) is 16.1. The van der Waals surface area contributed by atoms with Gasteiger partial charge in [0.25, 0.3) is 5.91 Å². The first-order valence-electron chi connectivity index (χ1n) is 7.96. The summed E-state index contributed by atoms with van der Waals surface area (Å²) in [4.78, 5) is 12.0. The van der Waals surface area contributed by atoms with Crippen molar-refractivity contribution in [3.05, 3.63) is 88.3 Å². The van der Waals surface area contributed by atoms with Crippen LogP contribution in [0.3, 0.4) is 0 Å². The van der Waals surface area contributed by atoms with Crippen LogP contribution in [0.25, 0.3) is 0 Å². The molecular formula is C20H17ClN2O3. The summed E-state index contributed by atoms with van der Waals surface area (Å²) in [6.07, 6.45) is 2.98. The van der Waals surface area contributed by atoms with Crippen LogP contribution in [0.1, 0.15) is 27.2 Å². The van der Waals surface area contributed by atoms with Gasteiger partial charge in [-0.1, -0.05) is 23.7 Å².